The minimum absolute atomic E-state index is 0.133. The summed E-state index contributed by atoms with van der Waals surface area (Å²) in [5.41, 5.74) is 5.93. The van der Waals surface area contributed by atoms with Crippen LogP contribution in [0.5, 0.6) is 5.75 Å². The molecule has 1 saturated heterocycles. The lowest BCUT2D eigenvalue weighted by Crippen LogP contribution is -2.36. The molecular formula is C15H22FN3O2. The first-order chi connectivity index (χ1) is 10.2. The van der Waals surface area contributed by atoms with Crippen LogP contribution in [0.3, 0.4) is 0 Å². The van der Waals surface area contributed by atoms with E-state index in [1.54, 1.807) is 11.0 Å². The fraction of sp³-hybridized carbons (Fsp3) is 0.533. The maximum atomic E-state index is 13.7. The molecule has 1 fully saturated rings. The number of methoxy groups -OCH3 is 1. The summed E-state index contributed by atoms with van der Waals surface area (Å²) in [4.78, 5) is 16.5. The summed E-state index contributed by atoms with van der Waals surface area (Å²) < 4.78 is 18.6. The van der Waals surface area contributed by atoms with E-state index in [0.29, 0.717) is 25.2 Å². The van der Waals surface area contributed by atoms with Gasteiger partial charge in [-0.15, -0.1) is 0 Å². The van der Waals surface area contributed by atoms with E-state index < -0.39 is 5.82 Å². The summed E-state index contributed by atoms with van der Waals surface area (Å²) in [6.45, 7) is 4.55. The van der Waals surface area contributed by atoms with Gasteiger partial charge in [0.15, 0.2) is 11.6 Å². The number of rotatable bonds is 4. The van der Waals surface area contributed by atoms with Crippen LogP contribution in [0.4, 0.5) is 4.39 Å². The third-order valence-corrected chi connectivity index (χ3v) is 3.72. The highest BCUT2D eigenvalue weighted by molar-refractivity contribution is 5.94. The number of hydrogen-bond acceptors (Lipinski definition) is 4. The predicted molar refractivity (Wildman–Crippen MR) is 79.0 cm³/mol. The van der Waals surface area contributed by atoms with Gasteiger partial charge in [-0.25, -0.2) is 4.39 Å². The second-order valence-corrected chi connectivity index (χ2v) is 5.13. The summed E-state index contributed by atoms with van der Waals surface area (Å²) >= 11 is 0. The van der Waals surface area contributed by atoms with E-state index in [2.05, 4.69) is 4.90 Å². The van der Waals surface area contributed by atoms with Gasteiger partial charge >= 0.3 is 0 Å². The van der Waals surface area contributed by atoms with Gasteiger partial charge in [0.05, 0.1) is 7.11 Å². The second kappa shape index (κ2) is 7.38. The molecule has 1 aromatic carbocycles. The van der Waals surface area contributed by atoms with E-state index in [-0.39, 0.29) is 11.7 Å². The smallest absolute Gasteiger partial charge is 0.254 e. The maximum Gasteiger partial charge on any atom is 0.254 e. The number of benzene rings is 1. The minimum atomic E-state index is -0.511. The van der Waals surface area contributed by atoms with Crippen molar-refractivity contribution in [2.75, 3.05) is 46.4 Å². The van der Waals surface area contributed by atoms with Crippen molar-refractivity contribution in [3.05, 3.63) is 29.6 Å². The first-order valence-corrected chi connectivity index (χ1v) is 7.21. The van der Waals surface area contributed by atoms with E-state index in [1.807, 2.05) is 0 Å². The number of hydrogen-bond donors (Lipinski definition) is 1. The molecule has 0 aliphatic carbocycles. The lowest BCUT2D eigenvalue weighted by molar-refractivity contribution is 0.0761. The standard InChI is InChI=1S/C15H22FN3O2/c1-21-14-4-3-12(11-13(14)16)15(20)19-7-2-6-18(8-5-17)9-10-19/h3-4,11H,2,5-10,17H2,1H3. The lowest BCUT2D eigenvalue weighted by atomic mass is 10.1. The molecule has 0 radical (unpaired) electrons. The van der Waals surface area contributed by atoms with Crippen LogP contribution in [0.15, 0.2) is 18.2 Å². The first kappa shape index (κ1) is 15.7. The number of nitrogens with two attached hydrogens (primary N) is 1. The Morgan fingerprint density at radius 1 is 1.33 bits per heavy atom. The molecule has 116 valence electrons. The van der Waals surface area contributed by atoms with Gasteiger partial charge in [0.2, 0.25) is 0 Å². The van der Waals surface area contributed by atoms with Crippen molar-refractivity contribution < 1.29 is 13.9 Å². The minimum Gasteiger partial charge on any atom is -0.494 e. The molecule has 0 unspecified atom stereocenters. The third-order valence-electron chi connectivity index (χ3n) is 3.72. The Morgan fingerprint density at radius 2 is 2.14 bits per heavy atom. The van der Waals surface area contributed by atoms with Crippen LogP contribution in [0.25, 0.3) is 0 Å². The molecular weight excluding hydrogens is 273 g/mol. The van der Waals surface area contributed by atoms with Gasteiger partial charge in [-0.1, -0.05) is 0 Å². The van der Waals surface area contributed by atoms with E-state index in [1.165, 1.54) is 19.2 Å². The number of nitrogens with zero attached hydrogens (tertiary/aromatic N) is 2. The Balaban J connectivity index is 2.04. The van der Waals surface area contributed by atoms with Crippen LogP contribution in [-0.2, 0) is 0 Å². The topological polar surface area (TPSA) is 58.8 Å². The normalized spacial score (nSPS) is 16.6. The predicted octanol–water partition coefficient (Wildman–Crippen LogP) is 0.941. The van der Waals surface area contributed by atoms with Crippen molar-refractivity contribution in [2.45, 2.75) is 6.42 Å². The summed E-state index contributed by atoms with van der Waals surface area (Å²) in [5, 5.41) is 0. The molecule has 21 heavy (non-hydrogen) atoms. The average molecular weight is 295 g/mol. The SMILES string of the molecule is COc1ccc(C(=O)N2CCCN(CCN)CC2)cc1F. The Labute approximate surface area is 124 Å². The zero-order chi connectivity index (χ0) is 15.2. The van der Waals surface area contributed by atoms with Gasteiger partial charge in [-0.05, 0) is 31.2 Å². The van der Waals surface area contributed by atoms with Crippen molar-refractivity contribution in [2.24, 2.45) is 5.73 Å². The molecule has 2 rings (SSSR count). The Kier molecular flexibility index (Phi) is 5.52. The van der Waals surface area contributed by atoms with E-state index in [0.717, 1.165) is 26.1 Å². The average Bonchev–Trinajstić information content (AvgIpc) is 2.72. The van der Waals surface area contributed by atoms with Gasteiger partial charge in [0.25, 0.3) is 5.91 Å². The summed E-state index contributed by atoms with van der Waals surface area (Å²) in [6.07, 6.45) is 0.907. The molecule has 1 aliphatic heterocycles. The summed E-state index contributed by atoms with van der Waals surface area (Å²) in [5.74, 6) is -0.495. The largest absolute Gasteiger partial charge is 0.494 e. The van der Waals surface area contributed by atoms with Gasteiger partial charge < -0.3 is 20.3 Å². The Bertz CT molecular complexity index is 496. The quantitative estimate of drug-likeness (QED) is 0.898. The molecule has 5 nitrogen and oxygen atoms in total. The highest BCUT2D eigenvalue weighted by Crippen LogP contribution is 2.19. The monoisotopic (exact) mass is 295 g/mol. The zero-order valence-electron chi connectivity index (χ0n) is 12.3. The highest BCUT2D eigenvalue weighted by Gasteiger charge is 2.20. The third kappa shape index (κ3) is 3.92. The molecule has 1 amide bonds. The highest BCUT2D eigenvalue weighted by atomic mass is 19.1. The second-order valence-electron chi connectivity index (χ2n) is 5.13. The van der Waals surface area contributed by atoms with Crippen LogP contribution in [-0.4, -0.2) is 62.1 Å². The van der Waals surface area contributed by atoms with Gasteiger partial charge in [-0.3, -0.25) is 4.79 Å². The first-order valence-electron chi connectivity index (χ1n) is 7.21. The molecule has 6 heteroatoms. The number of carbonyl (C=O) groups is 1. The van der Waals surface area contributed by atoms with Crippen molar-refractivity contribution in [1.82, 2.24) is 9.80 Å². The van der Waals surface area contributed by atoms with Crippen molar-refractivity contribution in [3.63, 3.8) is 0 Å². The van der Waals surface area contributed by atoms with E-state index in [4.69, 9.17) is 10.5 Å². The number of halogens is 1. The molecule has 1 aromatic rings. The van der Waals surface area contributed by atoms with Crippen molar-refractivity contribution in [3.8, 4) is 5.75 Å². The molecule has 0 atom stereocenters. The Hall–Kier alpha value is -1.66. The fourth-order valence-corrected chi connectivity index (χ4v) is 2.56. The number of amides is 1. The lowest BCUT2D eigenvalue weighted by Gasteiger charge is -2.21. The molecule has 1 aliphatic rings. The molecule has 0 bridgehead atoms. The number of ether oxygens (including phenoxy) is 1. The van der Waals surface area contributed by atoms with Crippen molar-refractivity contribution >= 4 is 5.91 Å². The molecule has 0 saturated carbocycles. The van der Waals surface area contributed by atoms with Crippen LogP contribution in [0.2, 0.25) is 0 Å². The molecule has 1 heterocycles. The summed E-state index contributed by atoms with van der Waals surface area (Å²) in [6, 6.07) is 4.33. The van der Waals surface area contributed by atoms with E-state index in [9.17, 15) is 9.18 Å². The Morgan fingerprint density at radius 3 is 2.81 bits per heavy atom. The summed E-state index contributed by atoms with van der Waals surface area (Å²) in [7, 11) is 1.40. The van der Waals surface area contributed by atoms with Gasteiger partial charge in [0, 0.05) is 38.3 Å². The number of carbonyl (C=O) groups excluding carboxylic acids is 1. The van der Waals surface area contributed by atoms with Gasteiger partial charge in [0.1, 0.15) is 0 Å². The van der Waals surface area contributed by atoms with Crippen LogP contribution in [0.1, 0.15) is 16.8 Å². The van der Waals surface area contributed by atoms with E-state index >= 15 is 0 Å². The maximum absolute atomic E-state index is 13.7. The molecule has 0 spiro atoms. The van der Waals surface area contributed by atoms with Crippen LogP contribution in [0, 0.1) is 5.82 Å². The molecule has 2 N–H and O–H groups in total. The molecule has 0 aromatic heterocycles. The zero-order valence-corrected chi connectivity index (χ0v) is 12.3. The van der Waals surface area contributed by atoms with Crippen molar-refractivity contribution in [1.29, 1.82) is 0 Å². The van der Waals surface area contributed by atoms with Crippen LogP contribution >= 0.6 is 0 Å². The fourth-order valence-electron chi connectivity index (χ4n) is 2.56. The van der Waals surface area contributed by atoms with Gasteiger partial charge in [-0.2, -0.15) is 0 Å². The van der Waals surface area contributed by atoms with Crippen LogP contribution < -0.4 is 10.5 Å².